The van der Waals surface area contributed by atoms with Crippen LogP contribution in [0.3, 0.4) is 0 Å². The van der Waals surface area contributed by atoms with Crippen molar-refractivity contribution in [1.29, 1.82) is 0 Å². The van der Waals surface area contributed by atoms with Crippen molar-refractivity contribution in [3.05, 3.63) is 76.9 Å². The quantitative estimate of drug-likeness (QED) is 0.262. The monoisotopic (exact) mass is 423 g/mol. The first-order valence-corrected chi connectivity index (χ1v) is 7.35. The molecule has 2 aromatic carbocycles. The summed E-state index contributed by atoms with van der Waals surface area (Å²) in [6.45, 7) is 0. The number of halogens is 10. The van der Waals surface area contributed by atoms with Crippen molar-refractivity contribution in [1.82, 2.24) is 4.48 Å². The molecular weight excluding hydrogens is 420 g/mol. The molecule has 14 heteroatoms. The minimum Gasteiger partial charge on any atom is -0.300 e. The second-order valence-corrected chi connectivity index (χ2v) is 5.53. The predicted molar refractivity (Wildman–Crippen MR) is 78.7 cm³/mol. The van der Waals surface area contributed by atoms with Crippen molar-refractivity contribution < 1.29 is 48.4 Å². The first kappa shape index (κ1) is 20.8. The van der Waals surface area contributed by atoms with E-state index in [4.69, 9.17) is 0 Å². The summed E-state index contributed by atoms with van der Waals surface area (Å²) in [7, 11) is 0.915. The van der Waals surface area contributed by atoms with Gasteiger partial charge in [-0.25, -0.2) is 43.9 Å². The molecule has 29 heavy (non-hydrogen) atoms. The van der Waals surface area contributed by atoms with Crippen LogP contribution in [0.5, 0.6) is 0 Å². The molecule has 1 aromatic heterocycles. The third-order valence-corrected chi connectivity index (χ3v) is 3.72. The maximum absolute atomic E-state index is 13.7. The average molecular weight is 423 g/mol. The van der Waals surface area contributed by atoms with E-state index in [9.17, 15) is 43.9 Å². The van der Waals surface area contributed by atoms with Crippen LogP contribution >= 0.6 is 0 Å². The Morgan fingerprint density at radius 1 is 0.552 bits per heavy atom. The zero-order valence-corrected chi connectivity index (χ0v) is 13.6. The first-order valence-electron chi connectivity index (χ1n) is 7.35. The van der Waals surface area contributed by atoms with Gasteiger partial charge in [-0.05, 0) is 0 Å². The Kier molecular flexibility index (Phi) is 5.37. The number of hydrogen-bond acceptors (Lipinski definition) is 0. The van der Waals surface area contributed by atoms with Gasteiger partial charge < -0.3 is 0 Å². The molecule has 148 valence electrons. The van der Waals surface area contributed by atoms with Gasteiger partial charge in [0.1, 0.15) is 12.4 Å². The molecule has 0 saturated heterocycles. The van der Waals surface area contributed by atoms with Gasteiger partial charge in [0.25, 0.3) is 0 Å². The van der Waals surface area contributed by atoms with Gasteiger partial charge >= 0.3 is 14.8 Å². The van der Waals surface area contributed by atoms with E-state index in [-0.39, 0.29) is 0 Å². The van der Waals surface area contributed by atoms with E-state index in [0.717, 1.165) is 27.7 Å². The van der Waals surface area contributed by atoms with E-state index < -0.39 is 69.1 Å². The lowest BCUT2D eigenvalue weighted by Crippen LogP contribution is -2.49. The second-order valence-electron chi connectivity index (χ2n) is 5.53. The highest BCUT2D eigenvalue weighted by Gasteiger charge is 2.31. The molecule has 0 unspecified atom stereocenters. The number of aromatic nitrogens is 2. The number of hydrogen-bond donors (Lipinski definition) is 0. The molecule has 0 spiro atoms. The van der Waals surface area contributed by atoms with Gasteiger partial charge in [-0.1, -0.05) is 0 Å². The SMILES string of the molecule is Fc1c(F)c(F)c([B]n2cc[n+]([B]c3c(F)c(F)c(F)c(F)c3F)c2)c(F)c1F. The van der Waals surface area contributed by atoms with Crippen LogP contribution in [0.15, 0.2) is 18.7 Å². The van der Waals surface area contributed by atoms with Gasteiger partial charge in [-0.3, -0.25) is 8.96 Å². The molecule has 0 N–H and O–H groups in total. The Hall–Kier alpha value is -2.92. The Labute approximate surface area is 156 Å². The maximum atomic E-state index is 13.7. The Morgan fingerprint density at radius 2 is 0.931 bits per heavy atom. The van der Waals surface area contributed by atoms with E-state index in [0.29, 0.717) is 14.8 Å². The molecule has 0 bridgehead atoms. The second kappa shape index (κ2) is 7.48. The van der Waals surface area contributed by atoms with Crippen molar-refractivity contribution in [3.63, 3.8) is 0 Å². The van der Waals surface area contributed by atoms with Crippen molar-refractivity contribution in [3.8, 4) is 0 Å². The van der Waals surface area contributed by atoms with E-state index in [1.807, 2.05) is 0 Å². The smallest absolute Gasteiger partial charge is 0.300 e. The van der Waals surface area contributed by atoms with E-state index in [2.05, 4.69) is 0 Å². The van der Waals surface area contributed by atoms with Crippen LogP contribution < -0.4 is 15.4 Å². The summed E-state index contributed by atoms with van der Waals surface area (Å²) in [5.41, 5.74) is -2.64. The number of rotatable bonds is 4. The van der Waals surface area contributed by atoms with Crippen molar-refractivity contribution in [2.24, 2.45) is 0 Å². The Balaban J connectivity index is 1.93. The third-order valence-electron chi connectivity index (χ3n) is 3.72. The van der Waals surface area contributed by atoms with Gasteiger partial charge in [-0.2, -0.15) is 0 Å². The topological polar surface area (TPSA) is 8.81 Å². The summed E-state index contributed by atoms with van der Waals surface area (Å²) < 4.78 is 135. The lowest BCUT2D eigenvalue weighted by Gasteiger charge is -2.05. The van der Waals surface area contributed by atoms with Gasteiger partial charge in [0.2, 0.25) is 6.33 Å². The number of benzene rings is 2. The molecule has 0 fully saturated rings. The molecule has 0 atom stereocenters. The molecule has 0 aliphatic carbocycles. The highest BCUT2D eigenvalue weighted by Crippen LogP contribution is 2.16. The molecule has 0 aliphatic heterocycles. The van der Waals surface area contributed by atoms with E-state index in [1.165, 1.54) is 0 Å². The van der Waals surface area contributed by atoms with Gasteiger partial charge in [0.15, 0.2) is 58.2 Å². The summed E-state index contributed by atoms with van der Waals surface area (Å²) >= 11 is 0. The molecule has 0 aliphatic rings. The molecule has 3 rings (SSSR count). The fourth-order valence-corrected chi connectivity index (χ4v) is 2.31. The molecule has 2 nitrogen and oxygen atoms in total. The van der Waals surface area contributed by atoms with Crippen molar-refractivity contribution >= 4 is 25.8 Å². The van der Waals surface area contributed by atoms with Crippen LogP contribution in [0.25, 0.3) is 0 Å². The average Bonchev–Trinajstić information content (AvgIpc) is 3.15. The Morgan fingerprint density at radius 3 is 1.38 bits per heavy atom. The van der Waals surface area contributed by atoms with Crippen LogP contribution in [0.1, 0.15) is 0 Å². The minimum atomic E-state index is -2.36. The third kappa shape index (κ3) is 3.47. The minimum absolute atomic E-state index is 0.457. The van der Waals surface area contributed by atoms with Crippen LogP contribution in [0.4, 0.5) is 43.9 Å². The highest BCUT2D eigenvalue weighted by molar-refractivity contribution is 6.52. The zero-order chi connectivity index (χ0) is 21.6. The number of nitrogens with zero attached hydrogens (tertiary/aromatic N) is 2. The first-order chi connectivity index (χ1) is 13.5. The van der Waals surface area contributed by atoms with Crippen LogP contribution in [0.2, 0.25) is 0 Å². The van der Waals surface area contributed by atoms with Gasteiger partial charge in [0, 0.05) is 10.9 Å². The predicted octanol–water partition coefficient (Wildman–Crippen LogP) is 1.75. The molecular formula is C15H3B2F10N2+. The summed E-state index contributed by atoms with van der Waals surface area (Å²) in [6, 6.07) is 0. The maximum Gasteiger partial charge on any atom is 0.442 e. The van der Waals surface area contributed by atoms with Crippen LogP contribution in [-0.2, 0) is 0 Å². The summed E-state index contributed by atoms with van der Waals surface area (Å²) in [6.07, 6.45) is 2.69. The highest BCUT2D eigenvalue weighted by atomic mass is 19.2. The van der Waals surface area contributed by atoms with E-state index in [1.54, 1.807) is 0 Å². The summed E-state index contributed by atoms with van der Waals surface area (Å²) in [5, 5.41) is 0. The lowest BCUT2D eigenvalue weighted by molar-refractivity contribution is -0.525. The zero-order valence-electron chi connectivity index (χ0n) is 13.6. The normalized spacial score (nSPS) is 11.1. The molecule has 1 heterocycles. The molecule has 2 radical (unpaired) electrons. The van der Waals surface area contributed by atoms with Crippen LogP contribution in [0, 0.1) is 58.2 Å². The molecule has 3 aromatic rings. The van der Waals surface area contributed by atoms with E-state index >= 15 is 0 Å². The number of imidazole rings is 1. The van der Waals surface area contributed by atoms with Crippen molar-refractivity contribution in [2.45, 2.75) is 0 Å². The van der Waals surface area contributed by atoms with Crippen molar-refractivity contribution in [2.75, 3.05) is 0 Å². The van der Waals surface area contributed by atoms with Gasteiger partial charge in [0.05, 0.1) is 0 Å². The lowest BCUT2D eigenvalue weighted by atomic mass is 9.80. The fourth-order valence-electron chi connectivity index (χ4n) is 2.31. The summed E-state index contributed by atoms with van der Waals surface area (Å²) in [5.74, 6) is -22.0. The van der Waals surface area contributed by atoms with Crippen LogP contribution in [-0.4, -0.2) is 19.3 Å². The molecule has 0 saturated carbocycles. The standard InChI is InChI=1S/C15H3B2F10N2/c18-6-4(7(19)11(23)14(26)10(6)22)16-28-1-2-29(3-28)17-5-8(20)12(24)15(27)13(25)9(5)21/h1-3H/q+1. The largest absolute Gasteiger partial charge is 0.442 e. The summed E-state index contributed by atoms with van der Waals surface area (Å²) in [4.78, 5) is 0. The fraction of sp³-hybridized carbons (Fsp3) is 0. The van der Waals surface area contributed by atoms with Gasteiger partial charge in [-0.15, -0.1) is 0 Å². The molecule has 0 amide bonds. The Bertz CT molecular complexity index is 987.